The van der Waals surface area contributed by atoms with Gasteiger partial charge in [-0.2, -0.15) is 0 Å². The van der Waals surface area contributed by atoms with Crippen molar-refractivity contribution >= 4 is 41.1 Å². The van der Waals surface area contributed by atoms with Crippen LogP contribution >= 0.6 is 23.2 Å². The SMILES string of the molecule is CC(C)(C)NC(=O)CN1CCC(CNC(=O)C=Cc2cc(Cl)cc(Cl)c2)CC1. The topological polar surface area (TPSA) is 61.4 Å². The number of carbonyl (C=O) groups excluding carboxylic acids is 2. The van der Waals surface area contributed by atoms with Crippen molar-refractivity contribution in [2.45, 2.75) is 39.2 Å². The van der Waals surface area contributed by atoms with Gasteiger partial charge in [-0.1, -0.05) is 23.2 Å². The molecule has 0 radical (unpaired) electrons. The van der Waals surface area contributed by atoms with E-state index in [1.54, 1.807) is 24.3 Å². The Labute approximate surface area is 177 Å². The maximum atomic E-state index is 12.0. The van der Waals surface area contributed by atoms with Crippen LogP contribution in [0.25, 0.3) is 6.08 Å². The van der Waals surface area contributed by atoms with Crippen molar-refractivity contribution in [1.82, 2.24) is 15.5 Å². The van der Waals surface area contributed by atoms with E-state index in [1.807, 2.05) is 20.8 Å². The highest BCUT2D eigenvalue weighted by Crippen LogP contribution is 2.20. The van der Waals surface area contributed by atoms with Gasteiger partial charge in [0, 0.05) is 28.2 Å². The van der Waals surface area contributed by atoms with Crippen LogP contribution in [0.2, 0.25) is 10.0 Å². The summed E-state index contributed by atoms with van der Waals surface area (Å²) in [6, 6.07) is 5.16. The number of hydrogen-bond donors (Lipinski definition) is 2. The molecule has 0 unspecified atom stereocenters. The summed E-state index contributed by atoms with van der Waals surface area (Å²) < 4.78 is 0. The largest absolute Gasteiger partial charge is 0.352 e. The van der Waals surface area contributed by atoms with Gasteiger partial charge in [-0.3, -0.25) is 14.5 Å². The first-order valence-corrected chi connectivity index (χ1v) is 10.3. The summed E-state index contributed by atoms with van der Waals surface area (Å²) in [6.45, 7) is 8.76. The highest BCUT2D eigenvalue weighted by molar-refractivity contribution is 6.34. The van der Waals surface area contributed by atoms with E-state index in [0.717, 1.165) is 31.5 Å². The smallest absolute Gasteiger partial charge is 0.244 e. The number of hydrogen-bond acceptors (Lipinski definition) is 3. The van der Waals surface area contributed by atoms with Crippen LogP contribution in [0.1, 0.15) is 39.2 Å². The predicted molar refractivity (Wildman–Crippen MR) is 116 cm³/mol. The normalized spacial score (nSPS) is 16.3. The third-order valence-corrected chi connectivity index (χ3v) is 4.90. The second-order valence-corrected chi connectivity index (χ2v) is 9.17. The first-order valence-electron chi connectivity index (χ1n) is 9.56. The molecule has 1 fully saturated rings. The lowest BCUT2D eigenvalue weighted by Crippen LogP contribution is -2.48. The van der Waals surface area contributed by atoms with Crippen LogP contribution in [0.3, 0.4) is 0 Å². The van der Waals surface area contributed by atoms with Gasteiger partial charge in [-0.15, -0.1) is 0 Å². The van der Waals surface area contributed by atoms with Crippen molar-refractivity contribution in [1.29, 1.82) is 0 Å². The molecule has 2 amide bonds. The van der Waals surface area contributed by atoms with E-state index in [9.17, 15) is 9.59 Å². The first-order chi connectivity index (χ1) is 13.1. The van der Waals surface area contributed by atoms with Crippen LogP contribution in [0, 0.1) is 5.92 Å². The van der Waals surface area contributed by atoms with E-state index < -0.39 is 0 Å². The maximum absolute atomic E-state index is 12.0. The number of amides is 2. The minimum Gasteiger partial charge on any atom is -0.352 e. The van der Waals surface area contributed by atoms with Crippen LogP contribution in [0.4, 0.5) is 0 Å². The number of rotatable bonds is 6. The van der Waals surface area contributed by atoms with Gasteiger partial charge in [0.05, 0.1) is 6.54 Å². The summed E-state index contributed by atoms with van der Waals surface area (Å²) in [6.07, 6.45) is 5.13. The molecular weight excluding hydrogens is 397 g/mol. The summed E-state index contributed by atoms with van der Waals surface area (Å²) in [7, 11) is 0. The zero-order chi connectivity index (χ0) is 20.7. The third-order valence-electron chi connectivity index (χ3n) is 4.47. The number of likely N-dealkylation sites (tertiary alicyclic amines) is 1. The quantitative estimate of drug-likeness (QED) is 0.682. The van der Waals surface area contributed by atoms with Gasteiger partial charge in [0.2, 0.25) is 11.8 Å². The molecule has 1 aliphatic rings. The Kier molecular flexibility index (Phi) is 8.35. The van der Waals surface area contributed by atoms with Crippen molar-refractivity contribution in [2.75, 3.05) is 26.2 Å². The first kappa shape index (κ1) is 22.7. The van der Waals surface area contributed by atoms with Crippen molar-refractivity contribution in [2.24, 2.45) is 5.92 Å². The number of piperidine rings is 1. The van der Waals surface area contributed by atoms with Crippen LogP contribution < -0.4 is 10.6 Å². The van der Waals surface area contributed by atoms with Crippen LogP contribution in [0.15, 0.2) is 24.3 Å². The molecule has 5 nitrogen and oxygen atoms in total. The molecule has 0 aliphatic carbocycles. The lowest BCUT2D eigenvalue weighted by atomic mass is 9.96. The fourth-order valence-electron chi connectivity index (χ4n) is 3.16. The molecule has 1 aromatic rings. The van der Waals surface area contributed by atoms with Gasteiger partial charge in [0.15, 0.2) is 0 Å². The molecule has 1 aliphatic heterocycles. The Morgan fingerprint density at radius 2 is 1.75 bits per heavy atom. The van der Waals surface area contributed by atoms with Crippen LogP contribution in [-0.4, -0.2) is 48.4 Å². The lowest BCUT2D eigenvalue weighted by molar-refractivity contribution is -0.124. The molecule has 1 aromatic carbocycles. The Morgan fingerprint density at radius 3 is 2.32 bits per heavy atom. The number of halogens is 2. The zero-order valence-electron chi connectivity index (χ0n) is 16.7. The number of carbonyl (C=O) groups is 2. The minimum absolute atomic E-state index is 0.0607. The van der Waals surface area contributed by atoms with Gasteiger partial charge in [-0.05, 0) is 82.5 Å². The highest BCUT2D eigenvalue weighted by atomic mass is 35.5. The summed E-state index contributed by atoms with van der Waals surface area (Å²) in [4.78, 5) is 26.2. The average molecular weight is 426 g/mol. The highest BCUT2D eigenvalue weighted by Gasteiger charge is 2.22. The molecule has 7 heteroatoms. The summed E-state index contributed by atoms with van der Waals surface area (Å²) in [5.74, 6) is 0.355. The van der Waals surface area contributed by atoms with E-state index in [-0.39, 0.29) is 17.4 Å². The van der Waals surface area contributed by atoms with Crippen molar-refractivity contribution in [3.63, 3.8) is 0 Å². The van der Waals surface area contributed by atoms with Crippen molar-refractivity contribution in [3.8, 4) is 0 Å². The Morgan fingerprint density at radius 1 is 1.14 bits per heavy atom. The molecule has 154 valence electrons. The second-order valence-electron chi connectivity index (χ2n) is 8.30. The van der Waals surface area contributed by atoms with Crippen molar-refractivity contribution in [3.05, 3.63) is 39.9 Å². The number of nitrogens with one attached hydrogen (secondary N) is 2. The molecule has 1 saturated heterocycles. The molecule has 28 heavy (non-hydrogen) atoms. The van der Waals surface area contributed by atoms with Crippen LogP contribution in [-0.2, 0) is 9.59 Å². The van der Waals surface area contributed by atoms with E-state index in [1.165, 1.54) is 6.08 Å². The van der Waals surface area contributed by atoms with Gasteiger partial charge in [0.25, 0.3) is 0 Å². The van der Waals surface area contributed by atoms with E-state index in [0.29, 0.717) is 29.1 Å². The Hall–Kier alpha value is -1.56. The van der Waals surface area contributed by atoms with E-state index in [4.69, 9.17) is 23.2 Å². The molecule has 2 N–H and O–H groups in total. The van der Waals surface area contributed by atoms with E-state index in [2.05, 4.69) is 15.5 Å². The molecule has 1 heterocycles. The fourth-order valence-corrected chi connectivity index (χ4v) is 3.70. The van der Waals surface area contributed by atoms with Gasteiger partial charge < -0.3 is 10.6 Å². The average Bonchev–Trinajstić information content (AvgIpc) is 2.57. The molecular formula is C21H29Cl2N3O2. The minimum atomic E-state index is -0.205. The fraction of sp³-hybridized carbons (Fsp3) is 0.524. The number of nitrogens with zero attached hydrogens (tertiary/aromatic N) is 1. The van der Waals surface area contributed by atoms with Gasteiger partial charge in [-0.25, -0.2) is 0 Å². The number of benzene rings is 1. The maximum Gasteiger partial charge on any atom is 0.244 e. The summed E-state index contributed by atoms with van der Waals surface area (Å²) in [5.41, 5.74) is 0.582. The monoisotopic (exact) mass is 425 g/mol. The lowest BCUT2D eigenvalue weighted by Gasteiger charge is -2.32. The molecule has 0 saturated carbocycles. The van der Waals surface area contributed by atoms with Gasteiger partial charge >= 0.3 is 0 Å². The Bertz CT molecular complexity index is 701. The van der Waals surface area contributed by atoms with E-state index >= 15 is 0 Å². The third kappa shape index (κ3) is 8.63. The molecule has 2 rings (SSSR count). The molecule has 0 bridgehead atoms. The molecule has 0 atom stereocenters. The second kappa shape index (κ2) is 10.3. The zero-order valence-corrected chi connectivity index (χ0v) is 18.2. The molecule has 0 aromatic heterocycles. The van der Waals surface area contributed by atoms with Crippen molar-refractivity contribution < 1.29 is 9.59 Å². The predicted octanol–water partition coefficient (Wildman–Crippen LogP) is 3.75. The Balaban J connectivity index is 1.69. The van der Waals surface area contributed by atoms with Gasteiger partial charge in [0.1, 0.15) is 0 Å². The summed E-state index contributed by atoms with van der Waals surface area (Å²) >= 11 is 11.9. The van der Waals surface area contributed by atoms with Crippen LogP contribution in [0.5, 0.6) is 0 Å². The summed E-state index contributed by atoms with van der Waals surface area (Å²) in [5, 5.41) is 7.01. The standard InChI is InChI=1S/C21H29Cl2N3O2/c1-21(2,3)25-20(28)14-26-8-6-15(7-9-26)13-24-19(27)5-4-16-10-17(22)12-18(23)11-16/h4-5,10-12,15H,6-9,13-14H2,1-3H3,(H,24,27)(H,25,28). The molecule has 0 spiro atoms.